The number of carbonyl (C=O) groups excluding carboxylic acids is 3. The summed E-state index contributed by atoms with van der Waals surface area (Å²) in [7, 11) is 0. The molecule has 5 N–H and O–H groups in total. The van der Waals surface area contributed by atoms with Gasteiger partial charge in [0, 0.05) is 12.5 Å². The van der Waals surface area contributed by atoms with Crippen LogP contribution in [0, 0.1) is 11.8 Å². The molecule has 0 aliphatic rings. The van der Waals surface area contributed by atoms with Crippen LogP contribution < -0.4 is 16.0 Å². The molecule has 3 aromatic rings. The molecule has 0 saturated heterocycles. The summed E-state index contributed by atoms with van der Waals surface area (Å²) in [6.45, 7) is 6.39. The van der Waals surface area contributed by atoms with E-state index in [1.807, 2.05) is 93.6 Å². The minimum atomic E-state index is -1.45. The third kappa shape index (κ3) is 10.8. The number of carbonyl (C=O) groups is 4. The highest BCUT2D eigenvalue weighted by Crippen LogP contribution is 2.18. The minimum Gasteiger partial charge on any atom is -0.480 e. The summed E-state index contributed by atoms with van der Waals surface area (Å²) in [4.78, 5) is 50.6. The lowest BCUT2D eigenvalue weighted by Gasteiger charge is -2.28. The van der Waals surface area contributed by atoms with E-state index in [0.29, 0.717) is 13.0 Å². The van der Waals surface area contributed by atoms with Gasteiger partial charge in [-0.1, -0.05) is 93.6 Å². The zero-order valence-electron chi connectivity index (χ0n) is 25.1. The SMILES string of the molecule is CC[C@H](C[C@H](O)[C@H](Cc1ccccc1)NC(=O)C[C@H](NC(=O)Cc1ccc2ccccc2c1)C(=O)O)C(=O)NCC(C)C. The zero-order chi connectivity index (χ0) is 31.4. The van der Waals surface area contributed by atoms with Gasteiger partial charge in [0.05, 0.1) is 25.0 Å². The van der Waals surface area contributed by atoms with Gasteiger partial charge in [-0.05, 0) is 47.1 Å². The number of nitrogens with one attached hydrogen (secondary N) is 3. The van der Waals surface area contributed by atoms with Crippen LogP contribution in [0.15, 0.2) is 72.8 Å². The molecule has 0 saturated carbocycles. The van der Waals surface area contributed by atoms with E-state index in [1.165, 1.54) is 0 Å². The van der Waals surface area contributed by atoms with Crippen LogP contribution in [0.2, 0.25) is 0 Å². The van der Waals surface area contributed by atoms with E-state index in [9.17, 15) is 29.4 Å². The fourth-order valence-electron chi connectivity index (χ4n) is 4.95. The topological polar surface area (TPSA) is 145 Å². The highest BCUT2D eigenvalue weighted by Gasteiger charge is 2.30. The maximum atomic E-state index is 13.1. The maximum Gasteiger partial charge on any atom is 0.326 e. The standard InChI is InChI=1S/C34H43N3O6/c1-4-25(33(41)35-21-22(2)3)19-30(38)28(17-23-10-6-5-7-11-23)36-32(40)20-29(34(42)43)37-31(39)18-24-14-15-26-12-8-9-13-27(26)16-24/h5-16,22,25,28-30,38H,4,17-21H2,1-3H3,(H,35,41)(H,36,40)(H,37,39)(H,42,43)/t25-,28+,29+,30+/m1/s1. The van der Waals surface area contributed by atoms with Gasteiger partial charge in [0.1, 0.15) is 6.04 Å². The van der Waals surface area contributed by atoms with Gasteiger partial charge in [-0.15, -0.1) is 0 Å². The lowest BCUT2D eigenvalue weighted by atomic mass is 9.91. The lowest BCUT2D eigenvalue weighted by Crippen LogP contribution is -2.50. The van der Waals surface area contributed by atoms with Crippen molar-refractivity contribution in [3.05, 3.63) is 83.9 Å². The van der Waals surface area contributed by atoms with Crippen LogP contribution >= 0.6 is 0 Å². The average Bonchev–Trinajstić information content (AvgIpc) is 2.98. The van der Waals surface area contributed by atoms with Gasteiger partial charge in [-0.2, -0.15) is 0 Å². The molecule has 0 radical (unpaired) electrons. The lowest BCUT2D eigenvalue weighted by molar-refractivity contribution is -0.143. The number of fused-ring (bicyclic) bond motifs is 1. The summed E-state index contributed by atoms with van der Waals surface area (Å²) >= 11 is 0. The van der Waals surface area contributed by atoms with Crippen molar-refractivity contribution in [2.45, 2.75) is 71.1 Å². The highest BCUT2D eigenvalue weighted by molar-refractivity contribution is 5.90. The number of amides is 3. The number of aliphatic carboxylic acids is 1. The predicted octanol–water partition coefficient (Wildman–Crippen LogP) is 3.62. The molecular weight excluding hydrogens is 546 g/mol. The Kier molecular flexibility index (Phi) is 12.7. The molecule has 4 atom stereocenters. The van der Waals surface area contributed by atoms with Crippen LogP contribution in [0.5, 0.6) is 0 Å². The van der Waals surface area contributed by atoms with Gasteiger partial charge in [-0.25, -0.2) is 4.79 Å². The number of benzene rings is 3. The Bertz CT molecular complexity index is 1380. The molecule has 43 heavy (non-hydrogen) atoms. The molecule has 0 bridgehead atoms. The number of aliphatic hydroxyl groups excluding tert-OH is 1. The van der Waals surface area contributed by atoms with Crippen molar-refractivity contribution in [2.24, 2.45) is 11.8 Å². The van der Waals surface area contributed by atoms with E-state index < -0.39 is 48.3 Å². The minimum absolute atomic E-state index is 0.0388. The fraction of sp³-hybridized carbons (Fsp3) is 0.412. The van der Waals surface area contributed by atoms with Crippen molar-refractivity contribution < 1.29 is 29.4 Å². The van der Waals surface area contributed by atoms with E-state index in [2.05, 4.69) is 16.0 Å². The summed E-state index contributed by atoms with van der Waals surface area (Å²) < 4.78 is 0. The molecule has 0 fully saturated rings. The summed E-state index contributed by atoms with van der Waals surface area (Å²) in [5.74, 6) is -2.81. The normalized spacial score (nSPS) is 14.0. The Hall–Kier alpha value is -4.24. The molecule has 230 valence electrons. The van der Waals surface area contributed by atoms with Crippen LogP contribution in [0.3, 0.4) is 0 Å². The summed E-state index contributed by atoms with van der Waals surface area (Å²) in [5, 5.41) is 31.1. The molecule has 0 aliphatic heterocycles. The Morgan fingerprint density at radius 1 is 0.814 bits per heavy atom. The van der Waals surface area contributed by atoms with Crippen molar-refractivity contribution in [2.75, 3.05) is 6.54 Å². The van der Waals surface area contributed by atoms with Crippen LogP contribution in [0.25, 0.3) is 10.8 Å². The number of hydrogen-bond acceptors (Lipinski definition) is 5. The second-order valence-electron chi connectivity index (χ2n) is 11.4. The smallest absolute Gasteiger partial charge is 0.326 e. The number of carboxylic acid groups (broad SMARTS) is 1. The molecule has 0 heterocycles. The molecular formula is C34H43N3O6. The first-order valence-corrected chi connectivity index (χ1v) is 14.8. The number of rotatable bonds is 16. The van der Waals surface area contributed by atoms with Crippen molar-refractivity contribution in [1.29, 1.82) is 0 Å². The second kappa shape index (κ2) is 16.4. The first kappa shape index (κ1) is 33.3. The summed E-state index contributed by atoms with van der Waals surface area (Å²) in [6, 6.07) is 20.4. The van der Waals surface area contributed by atoms with Crippen molar-refractivity contribution in [3.8, 4) is 0 Å². The van der Waals surface area contributed by atoms with Crippen LogP contribution in [-0.2, 0) is 32.0 Å². The molecule has 3 rings (SSSR count). The maximum absolute atomic E-state index is 13.1. The Balaban J connectivity index is 1.66. The molecule has 9 nitrogen and oxygen atoms in total. The second-order valence-corrected chi connectivity index (χ2v) is 11.4. The fourth-order valence-corrected chi connectivity index (χ4v) is 4.95. The first-order chi connectivity index (χ1) is 20.5. The van der Waals surface area contributed by atoms with Gasteiger partial charge in [0.25, 0.3) is 0 Å². The molecule has 0 aromatic heterocycles. The Labute approximate surface area is 253 Å². The summed E-state index contributed by atoms with van der Waals surface area (Å²) in [6.07, 6.45) is -0.694. The molecule has 9 heteroatoms. The van der Waals surface area contributed by atoms with Gasteiger partial charge in [0.15, 0.2) is 0 Å². The van der Waals surface area contributed by atoms with Gasteiger partial charge in [-0.3, -0.25) is 14.4 Å². The predicted molar refractivity (Wildman–Crippen MR) is 166 cm³/mol. The Morgan fingerprint density at radius 2 is 1.49 bits per heavy atom. The van der Waals surface area contributed by atoms with Gasteiger partial charge in [0.2, 0.25) is 17.7 Å². The number of carboxylic acids is 1. The van der Waals surface area contributed by atoms with Crippen molar-refractivity contribution >= 4 is 34.5 Å². The largest absolute Gasteiger partial charge is 0.480 e. The van der Waals surface area contributed by atoms with E-state index >= 15 is 0 Å². The molecule has 3 aromatic carbocycles. The Morgan fingerprint density at radius 3 is 2.14 bits per heavy atom. The number of aliphatic hydroxyl groups is 1. The zero-order valence-corrected chi connectivity index (χ0v) is 25.1. The third-order valence-corrected chi connectivity index (χ3v) is 7.38. The third-order valence-electron chi connectivity index (χ3n) is 7.38. The highest BCUT2D eigenvalue weighted by atomic mass is 16.4. The van der Waals surface area contributed by atoms with E-state index in [-0.39, 0.29) is 31.1 Å². The number of hydrogen-bond donors (Lipinski definition) is 5. The average molecular weight is 590 g/mol. The van der Waals surface area contributed by atoms with E-state index in [0.717, 1.165) is 21.9 Å². The molecule has 3 amide bonds. The van der Waals surface area contributed by atoms with E-state index in [4.69, 9.17) is 0 Å². The van der Waals surface area contributed by atoms with Gasteiger partial charge < -0.3 is 26.2 Å². The van der Waals surface area contributed by atoms with Crippen LogP contribution in [0.1, 0.15) is 51.2 Å². The van der Waals surface area contributed by atoms with E-state index in [1.54, 1.807) is 0 Å². The van der Waals surface area contributed by atoms with Gasteiger partial charge >= 0.3 is 5.97 Å². The van der Waals surface area contributed by atoms with Crippen molar-refractivity contribution in [1.82, 2.24) is 16.0 Å². The molecule has 0 aliphatic carbocycles. The summed E-state index contributed by atoms with van der Waals surface area (Å²) in [5.41, 5.74) is 1.58. The molecule has 0 spiro atoms. The molecule has 0 unspecified atom stereocenters. The van der Waals surface area contributed by atoms with Crippen LogP contribution in [-0.4, -0.2) is 58.6 Å². The van der Waals surface area contributed by atoms with Crippen LogP contribution in [0.4, 0.5) is 0 Å². The monoisotopic (exact) mass is 589 g/mol. The first-order valence-electron chi connectivity index (χ1n) is 14.8. The van der Waals surface area contributed by atoms with Crippen molar-refractivity contribution in [3.63, 3.8) is 0 Å². The quantitative estimate of drug-likeness (QED) is 0.173.